The molecule has 9 heteroatoms. The van der Waals surface area contributed by atoms with Gasteiger partial charge in [0.15, 0.2) is 18.1 Å². The largest absolute Gasteiger partial charge is 0.493 e. The fourth-order valence-electron chi connectivity index (χ4n) is 3.59. The van der Waals surface area contributed by atoms with Crippen LogP contribution in [0.4, 0.5) is 5.69 Å². The third-order valence-electron chi connectivity index (χ3n) is 5.73. The minimum Gasteiger partial charge on any atom is -0.493 e. The molecule has 0 fully saturated rings. The molecule has 0 atom stereocenters. The van der Waals surface area contributed by atoms with Crippen molar-refractivity contribution in [2.75, 3.05) is 19.0 Å². The third kappa shape index (κ3) is 8.09. The van der Waals surface area contributed by atoms with Crippen LogP contribution in [-0.2, 0) is 11.4 Å². The fraction of sp³-hybridized carbons (Fsp3) is 0.129. The van der Waals surface area contributed by atoms with Crippen LogP contribution in [0, 0.1) is 6.92 Å². The molecule has 4 aromatic rings. The lowest BCUT2D eigenvalue weighted by atomic mass is 10.2. The predicted molar refractivity (Wildman–Crippen MR) is 156 cm³/mol. The Balaban J connectivity index is 1.29. The van der Waals surface area contributed by atoms with Crippen molar-refractivity contribution in [2.24, 2.45) is 5.10 Å². The number of halogens is 1. The van der Waals surface area contributed by atoms with E-state index in [4.69, 9.17) is 25.8 Å². The van der Waals surface area contributed by atoms with E-state index in [2.05, 4.69) is 15.8 Å². The lowest BCUT2D eigenvalue weighted by molar-refractivity contribution is -0.118. The minimum absolute atomic E-state index is 0.185. The molecule has 0 bridgehead atoms. The van der Waals surface area contributed by atoms with E-state index in [0.717, 1.165) is 11.1 Å². The molecule has 0 radical (unpaired) electrons. The molecule has 204 valence electrons. The van der Waals surface area contributed by atoms with Crippen LogP contribution in [0.3, 0.4) is 0 Å². The molecule has 40 heavy (non-hydrogen) atoms. The number of benzene rings is 4. The number of amides is 2. The number of nitrogens with zero attached hydrogens (tertiary/aromatic N) is 1. The van der Waals surface area contributed by atoms with Gasteiger partial charge in [0.1, 0.15) is 12.4 Å². The molecular weight excluding hydrogens is 530 g/mol. The highest BCUT2D eigenvalue weighted by Gasteiger charge is 2.11. The topological polar surface area (TPSA) is 98.3 Å². The first-order chi connectivity index (χ1) is 19.4. The number of anilines is 1. The maximum Gasteiger partial charge on any atom is 0.271 e. The van der Waals surface area contributed by atoms with Crippen molar-refractivity contribution < 1.29 is 23.8 Å². The van der Waals surface area contributed by atoms with Crippen LogP contribution in [-0.4, -0.2) is 31.7 Å². The van der Waals surface area contributed by atoms with Crippen LogP contribution < -0.4 is 25.0 Å². The summed E-state index contributed by atoms with van der Waals surface area (Å²) in [4.78, 5) is 24.9. The molecule has 2 N–H and O–H groups in total. The number of ether oxygens (including phenoxy) is 3. The molecule has 4 aromatic carbocycles. The van der Waals surface area contributed by atoms with Crippen molar-refractivity contribution in [3.8, 4) is 17.2 Å². The van der Waals surface area contributed by atoms with Gasteiger partial charge >= 0.3 is 0 Å². The van der Waals surface area contributed by atoms with Gasteiger partial charge in [-0.1, -0.05) is 60.1 Å². The van der Waals surface area contributed by atoms with Gasteiger partial charge in [-0.2, -0.15) is 5.10 Å². The van der Waals surface area contributed by atoms with E-state index in [1.807, 2.05) is 43.3 Å². The van der Waals surface area contributed by atoms with Crippen molar-refractivity contribution in [1.29, 1.82) is 0 Å². The molecule has 0 unspecified atom stereocenters. The number of methoxy groups -OCH3 is 1. The van der Waals surface area contributed by atoms with Gasteiger partial charge in [0.2, 0.25) is 0 Å². The lowest BCUT2D eigenvalue weighted by Gasteiger charge is -2.12. The Hall–Kier alpha value is -4.82. The number of hydrazone groups is 1. The van der Waals surface area contributed by atoms with Gasteiger partial charge < -0.3 is 19.5 Å². The number of hydrogen-bond donors (Lipinski definition) is 2. The van der Waals surface area contributed by atoms with Crippen molar-refractivity contribution in [2.45, 2.75) is 13.5 Å². The van der Waals surface area contributed by atoms with E-state index in [0.29, 0.717) is 45.7 Å². The zero-order chi connectivity index (χ0) is 28.3. The zero-order valence-electron chi connectivity index (χ0n) is 22.0. The Kier molecular flexibility index (Phi) is 9.74. The number of carbonyl (C=O) groups excluding carboxylic acids is 2. The molecule has 0 aliphatic rings. The number of aryl methyl sites for hydroxylation is 1. The van der Waals surface area contributed by atoms with Crippen molar-refractivity contribution in [3.63, 3.8) is 0 Å². The number of hydrogen-bond acceptors (Lipinski definition) is 6. The highest BCUT2D eigenvalue weighted by Crippen LogP contribution is 2.29. The monoisotopic (exact) mass is 557 g/mol. The Bertz CT molecular complexity index is 1510. The smallest absolute Gasteiger partial charge is 0.271 e. The van der Waals surface area contributed by atoms with E-state index in [-0.39, 0.29) is 12.5 Å². The first-order valence-corrected chi connectivity index (χ1v) is 12.8. The van der Waals surface area contributed by atoms with Crippen LogP contribution in [0.5, 0.6) is 17.2 Å². The van der Waals surface area contributed by atoms with Crippen molar-refractivity contribution in [3.05, 3.63) is 118 Å². The average Bonchev–Trinajstić information content (AvgIpc) is 2.97. The molecule has 0 saturated carbocycles. The van der Waals surface area contributed by atoms with E-state index in [1.165, 1.54) is 13.3 Å². The van der Waals surface area contributed by atoms with Crippen LogP contribution in [0.25, 0.3) is 0 Å². The summed E-state index contributed by atoms with van der Waals surface area (Å²) in [6, 6.07) is 26.9. The number of rotatable bonds is 11. The maximum absolute atomic E-state index is 12.6. The summed E-state index contributed by atoms with van der Waals surface area (Å²) in [6.07, 6.45) is 1.48. The Morgan fingerprint density at radius 3 is 2.50 bits per heavy atom. The highest BCUT2D eigenvalue weighted by atomic mass is 35.5. The molecule has 2 amide bonds. The summed E-state index contributed by atoms with van der Waals surface area (Å²) in [5.74, 6) is 0.706. The van der Waals surface area contributed by atoms with E-state index < -0.39 is 5.91 Å². The second kappa shape index (κ2) is 13.8. The Morgan fingerprint density at radius 2 is 1.73 bits per heavy atom. The van der Waals surface area contributed by atoms with E-state index >= 15 is 0 Å². The predicted octanol–water partition coefficient (Wildman–Crippen LogP) is 6.02. The van der Waals surface area contributed by atoms with Gasteiger partial charge in [0.05, 0.1) is 13.3 Å². The molecule has 0 heterocycles. The quantitative estimate of drug-likeness (QED) is 0.174. The normalized spacial score (nSPS) is 10.7. The average molecular weight is 558 g/mol. The van der Waals surface area contributed by atoms with Crippen LogP contribution in [0.1, 0.15) is 27.0 Å². The summed E-state index contributed by atoms with van der Waals surface area (Å²) in [5.41, 5.74) is 6.07. The molecule has 8 nitrogen and oxygen atoms in total. The van der Waals surface area contributed by atoms with E-state index in [1.54, 1.807) is 54.6 Å². The summed E-state index contributed by atoms with van der Waals surface area (Å²) < 4.78 is 16.8. The second-order valence-electron chi connectivity index (χ2n) is 8.71. The van der Waals surface area contributed by atoms with Crippen LogP contribution >= 0.6 is 11.6 Å². The van der Waals surface area contributed by atoms with Gasteiger partial charge in [-0.25, -0.2) is 5.43 Å². The maximum atomic E-state index is 12.6. The second-order valence-corrected chi connectivity index (χ2v) is 9.12. The summed E-state index contributed by atoms with van der Waals surface area (Å²) in [5, 5.41) is 7.35. The van der Waals surface area contributed by atoms with Crippen molar-refractivity contribution in [1.82, 2.24) is 5.43 Å². The van der Waals surface area contributed by atoms with Crippen molar-refractivity contribution >= 4 is 35.3 Å². The molecule has 0 saturated heterocycles. The van der Waals surface area contributed by atoms with Gasteiger partial charge in [-0.15, -0.1) is 0 Å². The molecule has 4 rings (SSSR count). The summed E-state index contributed by atoms with van der Waals surface area (Å²) in [7, 11) is 1.52. The Morgan fingerprint density at radius 1 is 0.900 bits per heavy atom. The summed E-state index contributed by atoms with van der Waals surface area (Å²) in [6.45, 7) is 2.08. The first-order valence-electron chi connectivity index (χ1n) is 12.4. The number of carbonyl (C=O) groups is 2. The molecule has 0 aromatic heterocycles. The third-order valence-corrected chi connectivity index (χ3v) is 6.13. The molecule has 0 spiro atoms. The summed E-state index contributed by atoms with van der Waals surface area (Å²) >= 11 is 6.10. The number of nitrogens with one attached hydrogen (secondary N) is 2. The fourth-order valence-corrected chi connectivity index (χ4v) is 3.78. The lowest BCUT2D eigenvalue weighted by Crippen LogP contribution is -2.20. The SMILES string of the molecule is COc1cc(C(=O)N/N=C/c2cccc(OCC(=O)Nc3ccc(C)c(Cl)c3)c2)ccc1OCc1ccccc1. The molecule has 0 aliphatic carbocycles. The highest BCUT2D eigenvalue weighted by molar-refractivity contribution is 6.31. The first kappa shape index (κ1) is 28.2. The van der Waals surface area contributed by atoms with Gasteiger partial charge in [-0.05, 0) is 66.1 Å². The Labute approximate surface area is 237 Å². The molecule has 0 aliphatic heterocycles. The van der Waals surface area contributed by atoms with Gasteiger partial charge in [0, 0.05) is 16.3 Å². The van der Waals surface area contributed by atoms with E-state index in [9.17, 15) is 9.59 Å². The van der Waals surface area contributed by atoms with Gasteiger partial charge in [0.25, 0.3) is 11.8 Å². The zero-order valence-corrected chi connectivity index (χ0v) is 22.8. The standard InChI is InChI=1S/C31H28ClN3O5/c1-21-11-13-25(17-27(21)32)34-30(36)20-39-26-10-6-9-23(15-26)18-33-35-31(37)24-12-14-28(29(16-24)38-2)40-19-22-7-4-3-5-8-22/h3-18H,19-20H2,1-2H3,(H,34,36)(H,35,37)/b33-18+. The van der Waals surface area contributed by atoms with Crippen LogP contribution in [0.15, 0.2) is 96.1 Å². The minimum atomic E-state index is -0.413. The van der Waals surface area contributed by atoms with Crippen LogP contribution in [0.2, 0.25) is 5.02 Å². The molecular formula is C31H28ClN3O5. The van der Waals surface area contributed by atoms with Gasteiger partial charge in [-0.3, -0.25) is 9.59 Å².